The summed E-state index contributed by atoms with van der Waals surface area (Å²) < 4.78 is 10.2. The van der Waals surface area contributed by atoms with E-state index < -0.39 is 17.9 Å². The number of para-hydroxylation sites is 1. The molecule has 2 heterocycles. The van der Waals surface area contributed by atoms with Crippen LogP contribution in [0.3, 0.4) is 0 Å². The van der Waals surface area contributed by atoms with Crippen molar-refractivity contribution >= 4 is 23.5 Å². The first-order valence-corrected chi connectivity index (χ1v) is 10.7. The third kappa shape index (κ3) is 4.83. The topological polar surface area (TPSA) is 100 Å². The van der Waals surface area contributed by atoms with Gasteiger partial charge >= 0.3 is 5.97 Å². The molecule has 2 atom stereocenters. The number of nitrogens with zero attached hydrogens (tertiary/aromatic N) is 2. The monoisotopic (exact) mass is 450 g/mol. The summed E-state index contributed by atoms with van der Waals surface area (Å²) in [4.78, 5) is 39.2. The van der Waals surface area contributed by atoms with Gasteiger partial charge in [-0.15, -0.1) is 0 Å². The van der Waals surface area contributed by atoms with Crippen molar-refractivity contribution in [3.63, 3.8) is 0 Å². The number of fused-ring (bicyclic) bond motifs is 1. The minimum absolute atomic E-state index is 0.0280. The van der Waals surface area contributed by atoms with Crippen LogP contribution in [0, 0.1) is 0 Å². The third-order valence-electron chi connectivity index (χ3n) is 5.60. The summed E-state index contributed by atoms with van der Waals surface area (Å²) in [6, 6.07) is 13.9. The molecule has 2 aromatic carbocycles. The molecule has 2 aliphatic heterocycles. The fourth-order valence-electron chi connectivity index (χ4n) is 3.94. The summed E-state index contributed by atoms with van der Waals surface area (Å²) in [5.41, 5.74) is 4.99. The molecule has 2 aliphatic rings. The minimum atomic E-state index is -0.514. The first kappa shape index (κ1) is 22.3. The van der Waals surface area contributed by atoms with Crippen molar-refractivity contribution in [1.82, 2.24) is 15.3 Å². The molecule has 0 aliphatic carbocycles. The van der Waals surface area contributed by atoms with Crippen LogP contribution in [0.15, 0.2) is 60.9 Å². The number of hydrazine groups is 1. The second kappa shape index (κ2) is 9.74. The zero-order valence-corrected chi connectivity index (χ0v) is 18.5. The maximum Gasteiger partial charge on any atom is 0.340 e. The summed E-state index contributed by atoms with van der Waals surface area (Å²) in [6.45, 7) is 1.79. The maximum atomic E-state index is 13.1. The lowest BCUT2D eigenvalue weighted by Crippen LogP contribution is -2.49. The van der Waals surface area contributed by atoms with Crippen molar-refractivity contribution < 1.29 is 23.9 Å². The highest BCUT2D eigenvalue weighted by atomic mass is 16.5. The van der Waals surface area contributed by atoms with E-state index in [0.29, 0.717) is 12.1 Å². The number of anilines is 1. The Hall–Kier alpha value is -3.85. The van der Waals surface area contributed by atoms with E-state index in [4.69, 9.17) is 9.47 Å². The van der Waals surface area contributed by atoms with Gasteiger partial charge in [-0.05, 0) is 43.2 Å². The van der Waals surface area contributed by atoms with E-state index in [2.05, 4.69) is 10.7 Å². The molecular weight excluding hydrogens is 424 g/mol. The van der Waals surface area contributed by atoms with E-state index >= 15 is 0 Å². The zero-order chi connectivity index (χ0) is 23.4. The van der Waals surface area contributed by atoms with Gasteiger partial charge in [0, 0.05) is 12.4 Å². The predicted octanol–water partition coefficient (Wildman–Crippen LogP) is 2.44. The molecular formula is C24H26N4O5. The molecule has 9 heteroatoms. The highest BCUT2D eigenvalue weighted by Crippen LogP contribution is 2.31. The predicted molar refractivity (Wildman–Crippen MR) is 121 cm³/mol. The zero-order valence-electron chi connectivity index (χ0n) is 18.5. The average Bonchev–Trinajstić information content (AvgIpc) is 3.27. The van der Waals surface area contributed by atoms with Crippen LogP contribution < -0.4 is 15.5 Å². The average molecular weight is 450 g/mol. The van der Waals surface area contributed by atoms with Gasteiger partial charge in [-0.3, -0.25) is 9.59 Å². The number of ether oxygens (including phenoxy) is 2. The van der Waals surface area contributed by atoms with Gasteiger partial charge in [-0.1, -0.05) is 24.3 Å². The Bertz CT molecular complexity index is 1070. The third-order valence-corrected chi connectivity index (χ3v) is 5.60. The van der Waals surface area contributed by atoms with Crippen LogP contribution in [-0.2, 0) is 14.3 Å². The molecule has 0 spiro atoms. The summed E-state index contributed by atoms with van der Waals surface area (Å²) in [6.07, 6.45) is 3.91. The molecule has 2 unspecified atom stereocenters. The number of hydrogen-bond acceptors (Lipinski definition) is 7. The molecule has 2 N–H and O–H groups in total. The van der Waals surface area contributed by atoms with Crippen LogP contribution in [0.5, 0.6) is 5.75 Å². The maximum absolute atomic E-state index is 13.1. The normalized spacial score (nSPS) is 19.3. The van der Waals surface area contributed by atoms with Crippen molar-refractivity contribution in [2.75, 3.05) is 25.6 Å². The number of amides is 2. The van der Waals surface area contributed by atoms with Crippen LogP contribution in [0.2, 0.25) is 0 Å². The Morgan fingerprint density at radius 2 is 1.88 bits per heavy atom. The van der Waals surface area contributed by atoms with E-state index in [1.54, 1.807) is 55.7 Å². The number of esters is 1. The lowest BCUT2D eigenvalue weighted by molar-refractivity contribution is -0.137. The Balaban J connectivity index is 1.39. The lowest BCUT2D eigenvalue weighted by Gasteiger charge is -2.31. The van der Waals surface area contributed by atoms with E-state index in [9.17, 15) is 14.4 Å². The molecule has 2 aromatic rings. The summed E-state index contributed by atoms with van der Waals surface area (Å²) >= 11 is 0. The van der Waals surface area contributed by atoms with Crippen LogP contribution in [0.4, 0.5) is 5.69 Å². The Labute approximate surface area is 191 Å². The van der Waals surface area contributed by atoms with Gasteiger partial charge in [-0.2, -0.15) is 0 Å². The van der Waals surface area contributed by atoms with Gasteiger partial charge in [-0.25, -0.2) is 10.2 Å². The molecule has 9 nitrogen and oxygen atoms in total. The van der Waals surface area contributed by atoms with Crippen LogP contribution in [0.25, 0.3) is 0 Å². The van der Waals surface area contributed by atoms with Gasteiger partial charge < -0.3 is 24.7 Å². The smallest absolute Gasteiger partial charge is 0.340 e. The summed E-state index contributed by atoms with van der Waals surface area (Å²) in [5, 5.41) is 4.49. The van der Waals surface area contributed by atoms with Crippen LogP contribution in [0.1, 0.15) is 35.3 Å². The molecule has 33 heavy (non-hydrogen) atoms. The van der Waals surface area contributed by atoms with Crippen molar-refractivity contribution in [1.29, 1.82) is 0 Å². The van der Waals surface area contributed by atoms with Crippen LogP contribution in [-0.4, -0.2) is 54.0 Å². The molecule has 1 fully saturated rings. The second-order valence-corrected chi connectivity index (χ2v) is 7.69. The summed E-state index contributed by atoms with van der Waals surface area (Å²) in [7, 11) is 1.62. The first-order valence-electron chi connectivity index (χ1n) is 10.7. The van der Waals surface area contributed by atoms with Gasteiger partial charge in [0.05, 0.1) is 31.0 Å². The molecule has 0 bridgehead atoms. The molecule has 0 radical (unpaired) electrons. The van der Waals surface area contributed by atoms with Gasteiger partial charge in [0.15, 0.2) is 0 Å². The van der Waals surface area contributed by atoms with Gasteiger partial charge in [0.25, 0.3) is 5.91 Å². The highest BCUT2D eigenvalue weighted by Gasteiger charge is 2.40. The Morgan fingerprint density at radius 3 is 2.61 bits per heavy atom. The number of rotatable bonds is 7. The number of nitrogens with one attached hydrogen (secondary N) is 2. The molecule has 172 valence electrons. The SMILES string of the molecule is CCOC(=O)c1ccccc1NC(=O)CN1C=CN2NC(c3ccc(OC)cc3)CC2C1=O. The Kier molecular flexibility index (Phi) is 6.60. The number of carbonyl (C=O) groups is 3. The van der Waals surface area contributed by atoms with Crippen molar-refractivity contribution in [3.05, 3.63) is 72.1 Å². The Morgan fingerprint density at radius 1 is 1.12 bits per heavy atom. The van der Waals surface area contributed by atoms with Gasteiger partial charge in [0.2, 0.25) is 5.91 Å². The largest absolute Gasteiger partial charge is 0.497 e. The summed E-state index contributed by atoms with van der Waals surface area (Å²) in [5.74, 6) is -0.322. The number of hydrogen-bond donors (Lipinski definition) is 2. The molecule has 0 saturated carbocycles. The van der Waals surface area contributed by atoms with Crippen molar-refractivity contribution in [3.8, 4) is 5.75 Å². The van der Waals surface area contributed by atoms with Crippen LogP contribution >= 0.6 is 0 Å². The van der Waals surface area contributed by atoms with Gasteiger partial charge in [0.1, 0.15) is 18.3 Å². The number of methoxy groups -OCH3 is 1. The standard InChI is InChI=1S/C24H26N4O5/c1-3-33-24(31)18-6-4-5-7-19(18)25-22(29)15-27-12-13-28-21(23(27)30)14-20(26-28)16-8-10-17(32-2)11-9-16/h4-13,20-21,26H,3,14-15H2,1-2H3,(H,25,29). The fraction of sp³-hybridized carbons (Fsp3) is 0.292. The van der Waals surface area contributed by atoms with Crippen molar-refractivity contribution in [2.24, 2.45) is 0 Å². The highest BCUT2D eigenvalue weighted by molar-refractivity contribution is 6.02. The van der Waals surface area contributed by atoms with E-state index in [1.165, 1.54) is 4.90 Å². The van der Waals surface area contributed by atoms with E-state index in [1.807, 2.05) is 24.3 Å². The molecule has 0 aromatic heterocycles. The molecule has 1 saturated heterocycles. The second-order valence-electron chi connectivity index (χ2n) is 7.69. The molecule has 4 rings (SSSR count). The first-order chi connectivity index (χ1) is 16.0. The van der Waals surface area contributed by atoms with E-state index in [0.717, 1.165) is 11.3 Å². The lowest BCUT2D eigenvalue weighted by atomic mass is 10.0. The van der Waals surface area contributed by atoms with Crippen molar-refractivity contribution in [2.45, 2.75) is 25.4 Å². The number of carbonyl (C=O) groups excluding carboxylic acids is 3. The quantitative estimate of drug-likeness (QED) is 0.625. The fourth-order valence-corrected chi connectivity index (χ4v) is 3.94. The molecule has 2 amide bonds. The van der Waals surface area contributed by atoms with E-state index in [-0.39, 0.29) is 30.7 Å². The number of benzene rings is 2. The minimum Gasteiger partial charge on any atom is -0.497 e.